The van der Waals surface area contributed by atoms with E-state index in [2.05, 4.69) is 29.2 Å². The van der Waals surface area contributed by atoms with Crippen molar-refractivity contribution in [2.24, 2.45) is 0 Å². The van der Waals surface area contributed by atoms with Crippen molar-refractivity contribution in [3.05, 3.63) is 60.1 Å². The highest BCUT2D eigenvalue weighted by atomic mass is 16.5. The number of hydrogen-bond donors (Lipinski definition) is 0. The Kier molecular flexibility index (Phi) is 4.85. The van der Waals surface area contributed by atoms with E-state index in [9.17, 15) is 4.79 Å². The third-order valence-corrected chi connectivity index (χ3v) is 5.12. The van der Waals surface area contributed by atoms with Gasteiger partial charge in [0.05, 0.1) is 12.9 Å². The Morgan fingerprint density at radius 3 is 2.76 bits per heavy atom. The fraction of sp³-hybridized carbons (Fsp3) is 0.450. The Morgan fingerprint density at radius 1 is 1.08 bits per heavy atom. The normalized spacial score (nSPS) is 24.6. The third-order valence-electron chi connectivity index (χ3n) is 5.12. The van der Waals surface area contributed by atoms with Gasteiger partial charge in [0.1, 0.15) is 11.9 Å². The van der Waals surface area contributed by atoms with E-state index in [4.69, 9.17) is 9.15 Å². The first-order valence-electron chi connectivity index (χ1n) is 8.99. The van der Waals surface area contributed by atoms with Gasteiger partial charge in [0.15, 0.2) is 0 Å². The minimum absolute atomic E-state index is 0.117. The molecule has 2 atom stereocenters. The fourth-order valence-electron chi connectivity index (χ4n) is 3.76. The average molecular weight is 340 g/mol. The monoisotopic (exact) mass is 340 g/mol. The fourth-order valence-corrected chi connectivity index (χ4v) is 3.76. The van der Waals surface area contributed by atoms with E-state index in [0.29, 0.717) is 19.1 Å². The molecule has 2 saturated heterocycles. The van der Waals surface area contributed by atoms with Gasteiger partial charge < -0.3 is 14.1 Å². The topological polar surface area (TPSA) is 45.9 Å². The molecule has 2 fully saturated rings. The van der Waals surface area contributed by atoms with Crippen molar-refractivity contribution in [3.63, 3.8) is 0 Å². The van der Waals surface area contributed by atoms with Crippen molar-refractivity contribution in [2.45, 2.75) is 25.0 Å². The Morgan fingerprint density at radius 2 is 1.96 bits per heavy atom. The molecular weight excluding hydrogens is 316 g/mol. The van der Waals surface area contributed by atoms with Gasteiger partial charge in [-0.15, -0.1) is 0 Å². The summed E-state index contributed by atoms with van der Waals surface area (Å²) in [4.78, 5) is 17.1. The number of benzene rings is 1. The highest BCUT2D eigenvalue weighted by molar-refractivity contribution is 5.81. The molecule has 0 bridgehead atoms. The molecule has 1 aromatic carbocycles. The minimum atomic E-state index is -0.354. The maximum atomic E-state index is 12.9. The standard InChI is InChI=1S/C20H24N2O3/c23-20(22-9-8-17(14-22)18-7-4-11-24-18)19-15-21(10-12-25-19)13-16-5-2-1-3-6-16/h1-7,11,17,19H,8-10,12-15H2/t17-,19-/m0/s1. The van der Waals surface area contributed by atoms with Crippen LogP contribution in [0.25, 0.3) is 0 Å². The summed E-state index contributed by atoms with van der Waals surface area (Å²) < 4.78 is 11.3. The zero-order chi connectivity index (χ0) is 17.1. The molecule has 0 saturated carbocycles. The summed E-state index contributed by atoms with van der Waals surface area (Å²) in [6, 6.07) is 14.3. The van der Waals surface area contributed by atoms with Crippen LogP contribution in [0.3, 0.4) is 0 Å². The Balaban J connectivity index is 1.34. The van der Waals surface area contributed by atoms with E-state index < -0.39 is 0 Å². The number of morpholine rings is 1. The van der Waals surface area contributed by atoms with Crippen molar-refractivity contribution in [3.8, 4) is 0 Å². The Bertz CT molecular complexity index is 686. The van der Waals surface area contributed by atoms with Crippen molar-refractivity contribution in [1.82, 2.24) is 9.80 Å². The predicted octanol–water partition coefficient (Wildman–Crippen LogP) is 2.50. The van der Waals surface area contributed by atoms with Gasteiger partial charge in [0.25, 0.3) is 5.91 Å². The number of hydrogen-bond acceptors (Lipinski definition) is 4. The molecule has 0 unspecified atom stereocenters. The van der Waals surface area contributed by atoms with Crippen LogP contribution in [-0.4, -0.2) is 54.6 Å². The van der Waals surface area contributed by atoms with Crippen molar-refractivity contribution in [1.29, 1.82) is 0 Å². The maximum absolute atomic E-state index is 12.9. The van der Waals surface area contributed by atoms with Crippen LogP contribution in [-0.2, 0) is 16.1 Å². The number of likely N-dealkylation sites (tertiary alicyclic amines) is 1. The summed E-state index contributed by atoms with van der Waals surface area (Å²) in [5, 5.41) is 0. The lowest BCUT2D eigenvalue weighted by atomic mass is 10.1. The molecule has 132 valence electrons. The first-order valence-corrected chi connectivity index (χ1v) is 8.99. The lowest BCUT2D eigenvalue weighted by molar-refractivity contribution is -0.148. The van der Waals surface area contributed by atoms with Gasteiger partial charge in [-0.1, -0.05) is 30.3 Å². The molecule has 2 aliphatic rings. The van der Waals surface area contributed by atoms with Crippen molar-refractivity contribution < 1.29 is 13.9 Å². The molecule has 0 aliphatic carbocycles. The molecule has 2 aliphatic heterocycles. The highest BCUT2D eigenvalue weighted by Crippen LogP contribution is 2.28. The summed E-state index contributed by atoms with van der Waals surface area (Å²) in [5.41, 5.74) is 1.27. The molecule has 5 heteroatoms. The van der Waals surface area contributed by atoms with Crippen LogP contribution >= 0.6 is 0 Å². The number of carbonyl (C=O) groups is 1. The summed E-state index contributed by atoms with van der Waals surface area (Å²) in [7, 11) is 0. The van der Waals surface area contributed by atoms with Gasteiger partial charge in [-0.2, -0.15) is 0 Å². The molecule has 2 aromatic rings. The lowest BCUT2D eigenvalue weighted by Gasteiger charge is -2.34. The van der Waals surface area contributed by atoms with E-state index >= 15 is 0 Å². The van der Waals surface area contributed by atoms with Gasteiger partial charge in [-0.25, -0.2) is 0 Å². The Hall–Kier alpha value is -2.11. The van der Waals surface area contributed by atoms with Gasteiger partial charge >= 0.3 is 0 Å². The van der Waals surface area contributed by atoms with Crippen LogP contribution in [0.5, 0.6) is 0 Å². The number of ether oxygens (including phenoxy) is 1. The van der Waals surface area contributed by atoms with E-state index in [1.165, 1.54) is 5.56 Å². The minimum Gasteiger partial charge on any atom is -0.469 e. The second-order valence-corrected chi connectivity index (χ2v) is 6.87. The number of furan rings is 1. The first-order chi connectivity index (χ1) is 12.3. The summed E-state index contributed by atoms with van der Waals surface area (Å²) in [5.74, 6) is 1.40. The average Bonchev–Trinajstić information content (AvgIpc) is 3.34. The molecule has 0 N–H and O–H groups in total. The Labute approximate surface area is 148 Å². The number of amides is 1. The molecule has 4 rings (SSSR count). The number of carbonyl (C=O) groups excluding carboxylic acids is 1. The molecular formula is C20H24N2O3. The number of nitrogens with zero attached hydrogens (tertiary/aromatic N) is 2. The SMILES string of the molecule is O=C([C@@H]1CN(Cc2ccccc2)CCO1)N1CC[C@H](c2ccco2)C1. The van der Waals surface area contributed by atoms with Crippen LogP contribution in [0.1, 0.15) is 23.7 Å². The molecule has 1 amide bonds. The van der Waals surface area contributed by atoms with Gasteiger partial charge in [-0.3, -0.25) is 9.69 Å². The number of rotatable bonds is 4. The van der Waals surface area contributed by atoms with E-state index in [1.807, 2.05) is 23.1 Å². The quantitative estimate of drug-likeness (QED) is 0.858. The van der Waals surface area contributed by atoms with Gasteiger partial charge in [-0.05, 0) is 24.1 Å². The van der Waals surface area contributed by atoms with E-state index in [-0.39, 0.29) is 12.0 Å². The van der Waals surface area contributed by atoms with E-state index in [1.54, 1.807) is 6.26 Å². The summed E-state index contributed by atoms with van der Waals surface area (Å²) in [6.45, 7) is 4.51. The highest BCUT2D eigenvalue weighted by Gasteiger charge is 2.35. The second-order valence-electron chi connectivity index (χ2n) is 6.87. The van der Waals surface area contributed by atoms with Crippen LogP contribution in [0.2, 0.25) is 0 Å². The largest absolute Gasteiger partial charge is 0.469 e. The van der Waals surface area contributed by atoms with Crippen LogP contribution in [0.4, 0.5) is 0 Å². The molecule has 1 aromatic heterocycles. The zero-order valence-electron chi connectivity index (χ0n) is 14.3. The van der Waals surface area contributed by atoms with E-state index in [0.717, 1.165) is 38.4 Å². The van der Waals surface area contributed by atoms with Crippen LogP contribution in [0.15, 0.2) is 53.1 Å². The third kappa shape index (κ3) is 3.78. The maximum Gasteiger partial charge on any atom is 0.253 e. The molecule has 25 heavy (non-hydrogen) atoms. The lowest BCUT2D eigenvalue weighted by Crippen LogP contribution is -2.50. The summed E-state index contributed by atoms with van der Waals surface area (Å²) in [6.07, 6.45) is 2.30. The van der Waals surface area contributed by atoms with Gasteiger partial charge in [0.2, 0.25) is 0 Å². The molecule has 0 spiro atoms. The van der Waals surface area contributed by atoms with Crippen LogP contribution in [0, 0.1) is 0 Å². The van der Waals surface area contributed by atoms with Crippen molar-refractivity contribution in [2.75, 3.05) is 32.8 Å². The smallest absolute Gasteiger partial charge is 0.253 e. The first kappa shape index (κ1) is 16.4. The van der Waals surface area contributed by atoms with Crippen molar-refractivity contribution >= 4 is 5.91 Å². The molecule has 5 nitrogen and oxygen atoms in total. The van der Waals surface area contributed by atoms with Crippen LogP contribution < -0.4 is 0 Å². The van der Waals surface area contributed by atoms with Gasteiger partial charge in [0, 0.05) is 38.6 Å². The molecule has 3 heterocycles. The second kappa shape index (κ2) is 7.42. The zero-order valence-corrected chi connectivity index (χ0v) is 14.3. The summed E-state index contributed by atoms with van der Waals surface area (Å²) >= 11 is 0. The molecule has 0 radical (unpaired) electrons. The predicted molar refractivity (Wildman–Crippen MR) is 94.1 cm³/mol.